The summed E-state index contributed by atoms with van der Waals surface area (Å²) in [5.41, 5.74) is 1.20. The summed E-state index contributed by atoms with van der Waals surface area (Å²) in [4.78, 5) is 35.4. The van der Waals surface area contributed by atoms with Crippen LogP contribution in [0.1, 0.15) is 21.5 Å². The minimum absolute atomic E-state index is 0.0424. The highest BCUT2D eigenvalue weighted by molar-refractivity contribution is 7.92. The van der Waals surface area contributed by atoms with Crippen LogP contribution in [-0.2, 0) is 19.6 Å². The lowest BCUT2D eigenvalue weighted by Crippen LogP contribution is -2.27. The minimum Gasteiger partial charge on any atom is -0.452 e. The van der Waals surface area contributed by atoms with E-state index < -0.39 is 33.4 Å². The van der Waals surface area contributed by atoms with Crippen molar-refractivity contribution in [1.82, 2.24) is 0 Å². The summed E-state index contributed by atoms with van der Waals surface area (Å²) in [5, 5.41) is 13.6. The number of esters is 1. The van der Waals surface area contributed by atoms with E-state index in [0.29, 0.717) is 11.3 Å². The molecule has 3 aromatic carbocycles. The molecule has 12 heteroatoms. The Balaban J connectivity index is 1.76. The molecular formula is C24H22ClN3O7S. The molecule has 0 fully saturated rings. The highest BCUT2D eigenvalue weighted by Crippen LogP contribution is 2.28. The number of nitro benzene ring substituents is 1. The lowest BCUT2D eigenvalue weighted by molar-refractivity contribution is -0.384. The van der Waals surface area contributed by atoms with Crippen molar-refractivity contribution in [3.8, 4) is 0 Å². The number of carbonyl (C=O) groups is 2. The maximum absolute atomic E-state index is 13.0. The standard InChI is InChI=1S/C24H22ClN3O7S/c1-15-11-21(22(28(31)32)12-16(15)2)26-23(29)14-35-24(30)19-13-18(9-10-20(19)25)36(33,34)27(3)17-7-5-4-6-8-17/h4-13H,14H2,1-3H3,(H,26,29). The molecule has 188 valence electrons. The molecule has 0 atom stereocenters. The predicted molar refractivity (Wildman–Crippen MR) is 135 cm³/mol. The van der Waals surface area contributed by atoms with E-state index in [9.17, 15) is 28.1 Å². The molecule has 1 amide bonds. The van der Waals surface area contributed by atoms with E-state index in [0.717, 1.165) is 15.9 Å². The van der Waals surface area contributed by atoms with E-state index in [1.165, 1.54) is 31.3 Å². The van der Waals surface area contributed by atoms with Gasteiger partial charge >= 0.3 is 5.97 Å². The molecule has 1 N–H and O–H groups in total. The molecule has 0 saturated carbocycles. The van der Waals surface area contributed by atoms with Crippen LogP contribution in [0.25, 0.3) is 0 Å². The molecule has 10 nitrogen and oxygen atoms in total. The van der Waals surface area contributed by atoms with Crippen LogP contribution in [0.2, 0.25) is 5.02 Å². The average molecular weight is 532 g/mol. The van der Waals surface area contributed by atoms with Gasteiger partial charge in [0.1, 0.15) is 5.69 Å². The van der Waals surface area contributed by atoms with E-state index in [4.69, 9.17) is 16.3 Å². The molecule has 36 heavy (non-hydrogen) atoms. The smallest absolute Gasteiger partial charge is 0.340 e. The molecule has 0 radical (unpaired) electrons. The summed E-state index contributed by atoms with van der Waals surface area (Å²) in [6, 6.07) is 14.7. The van der Waals surface area contributed by atoms with Crippen molar-refractivity contribution in [2.45, 2.75) is 18.7 Å². The summed E-state index contributed by atoms with van der Waals surface area (Å²) >= 11 is 6.09. The summed E-state index contributed by atoms with van der Waals surface area (Å²) in [7, 11) is -2.66. The number of hydrogen-bond acceptors (Lipinski definition) is 7. The highest BCUT2D eigenvalue weighted by Gasteiger charge is 2.25. The number of aryl methyl sites for hydroxylation is 2. The van der Waals surface area contributed by atoms with Crippen molar-refractivity contribution >= 4 is 50.6 Å². The number of halogens is 1. The van der Waals surface area contributed by atoms with Gasteiger partial charge in [0, 0.05) is 13.1 Å². The Morgan fingerprint density at radius 3 is 2.33 bits per heavy atom. The molecule has 0 heterocycles. The van der Waals surface area contributed by atoms with Gasteiger partial charge in [-0.25, -0.2) is 13.2 Å². The number of amides is 1. The monoisotopic (exact) mass is 531 g/mol. The Morgan fingerprint density at radius 2 is 1.69 bits per heavy atom. The molecule has 0 spiro atoms. The number of sulfonamides is 1. The predicted octanol–water partition coefficient (Wildman–Crippen LogP) is 4.49. The Morgan fingerprint density at radius 1 is 1.06 bits per heavy atom. The van der Waals surface area contributed by atoms with Crippen molar-refractivity contribution in [2.24, 2.45) is 0 Å². The van der Waals surface area contributed by atoms with Crippen molar-refractivity contribution < 1.29 is 27.7 Å². The third-order valence-corrected chi connectivity index (χ3v) is 7.46. The molecule has 3 aromatic rings. The average Bonchev–Trinajstić information content (AvgIpc) is 2.84. The largest absolute Gasteiger partial charge is 0.452 e. The van der Waals surface area contributed by atoms with Crippen LogP contribution in [0, 0.1) is 24.0 Å². The van der Waals surface area contributed by atoms with E-state index in [1.54, 1.807) is 44.2 Å². The zero-order valence-electron chi connectivity index (χ0n) is 19.5. The fourth-order valence-electron chi connectivity index (χ4n) is 3.20. The van der Waals surface area contributed by atoms with Gasteiger partial charge in [-0.3, -0.25) is 19.2 Å². The van der Waals surface area contributed by atoms with Gasteiger partial charge < -0.3 is 10.1 Å². The fraction of sp³-hybridized carbons (Fsp3) is 0.167. The van der Waals surface area contributed by atoms with Crippen LogP contribution in [0.4, 0.5) is 17.1 Å². The fourth-order valence-corrected chi connectivity index (χ4v) is 4.62. The summed E-state index contributed by atoms with van der Waals surface area (Å²) in [5.74, 6) is -1.86. The number of benzene rings is 3. The second-order valence-corrected chi connectivity index (χ2v) is 10.2. The number of carbonyl (C=O) groups excluding carboxylic acids is 2. The van der Waals surface area contributed by atoms with Gasteiger partial charge in [-0.1, -0.05) is 29.8 Å². The Bertz CT molecular complexity index is 1440. The molecular weight excluding hydrogens is 510 g/mol. The van der Waals surface area contributed by atoms with Gasteiger partial charge in [-0.05, 0) is 61.4 Å². The van der Waals surface area contributed by atoms with Gasteiger partial charge in [0.2, 0.25) is 0 Å². The van der Waals surface area contributed by atoms with Gasteiger partial charge in [0.15, 0.2) is 6.61 Å². The van der Waals surface area contributed by atoms with E-state index in [2.05, 4.69) is 5.32 Å². The third-order valence-electron chi connectivity index (χ3n) is 5.35. The summed E-state index contributed by atoms with van der Waals surface area (Å²) in [6.07, 6.45) is 0. The highest BCUT2D eigenvalue weighted by atomic mass is 35.5. The zero-order valence-corrected chi connectivity index (χ0v) is 21.1. The molecule has 0 saturated heterocycles. The van der Waals surface area contributed by atoms with Crippen LogP contribution < -0.4 is 9.62 Å². The molecule has 0 aliphatic heterocycles. The quantitative estimate of drug-likeness (QED) is 0.257. The minimum atomic E-state index is -4.03. The second kappa shape index (κ2) is 10.8. The van der Waals surface area contributed by atoms with Gasteiger partial charge in [0.25, 0.3) is 21.6 Å². The van der Waals surface area contributed by atoms with Crippen molar-refractivity contribution in [2.75, 3.05) is 23.3 Å². The van der Waals surface area contributed by atoms with Gasteiger partial charge in [-0.2, -0.15) is 0 Å². The van der Waals surface area contributed by atoms with Crippen LogP contribution in [0.3, 0.4) is 0 Å². The van der Waals surface area contributed by atoms with Gasteiger partial charge in [0.05, 0.1) is 26.1 Å². The van der Waals surface area contributed by atoms with E-state index in [1.807, 2.05) is 0 Å². The van der Waals surface area contributed by atoms with Crippen LogP contribution in [0.5, 0.6) is 0 Å². The number of rotatable bonds is 8. The number of hydrogen-bond donors (Lipinski definition) is 1. The Kier molecular flexibility index (Phi) is 7.96. The number of anilines is 2. The molecule has 3 rings (SSSR count). The maximum atomic E-state index is 13.0. The van der Waals surface area contributed by atoms with Gasteiger partial charge in [-0.15, -0.1) is 0 Å². The lowest BCUT2D eigenvalue weighted by Gasteiger charge is -2.20. The number of nitrogens with one attached hydrogen (secondary N) is 1. The first kappa shape index (κ1) is 26.6. The normalized spacial score (nSPS) is 11.0. The molecule has 0 bridgehead atoms. The lowest BCUT2D eigenvalue weighted by atomic mass is 10.1. The molecule has 0 aliphatic rings. The molecule has 0 unspecified atom stereocenters. The summed E-state index contributed by atoms with van der Waals surface area (Å²) in [6.45, 7) is 2.65. The third kappa shape index (κ3) is 5.81. The molecule has 0 aliphatic carbocycles. The van der Waals surface area contributed by atoms with Crippen LogP contribution in [-0.4, -0.2) is 38.9 Å². The number of nitro groups is 1. The zero-order chi connectivity index (χ0) is 26.6. The number of ether oxygens (including phenoxy) is 1. The second-order valence-electron chi connectivity index (χ2n) is 7.78. The van der Waals surface area contributed by atoms with Crippen LogP contribution in [0.15, 0.2) is 65.6 Å². The number of nitrogens with zero attached hydrogens (tertiary/aromatic N) is 2. The first-order valence-electron chi connectivity index (χ1n) is 10.5. The van der Waals surface area contributed by atoms with Crippen molar-refractivity contribution in [3.05, 3.63) is 92.5 Å². The van der Waals surface area contributed by atoms with E-state index in [-0.39, 0.29) is 26.9 Å². The maximum Gasteiger partial charge on any atom is 0.340 e. The summed E-state index contributed by atoms with van der Waals surface area (Å²) < 4.78 is 32.1. The first-order valence-corrected chi connectivity index (χ1v) is 12.3. The van der Waals surface area contributed by atoms with E-state index >= 15 is 0 Å². The van der Waals surface area contributed by atoms with Crippen LogP contribution >= 0.6 is 11.6 Å². The van der Waals surface area contributed by atoms with Crippen molar-refractivity contribution in [1.29, 1.82) is 0 Å². The number of para-hydroxylation sites is 1. The topological polar surface area (TPSA) is 136 Å². The molecule has 0 aromatic heterocycles. The SMILES string of the molecule is Cc1cc(NC(=O)COC(=O)c2cc(S(=O)(=O)N(C)c3ccccc3)ccc2Cl)c([N+](=O)[O-])cc1C. The Labute approximate surface area is 212 Å². The van der Waals surface area contributed by atoms with Crippen molar-refractivity contribution in [3.63, 3.8) is 0 Å². The first-order chi connectivity index (χ1) is 16.9. The Hall–Kier alpha value is -3.96.